The number of nitrogens with one attached hydrogen (secondary N) is 1. The van der Waals surface area contributed by atoms with Crippen LogP contribution >= 0.6 is 11.3 Å². The SMILES string of the molecule is COCCNCC1(Cc2nccs2)CCC1. The van der Waals surface area contributed by atoms with Gasteiger partial charge < -0.3 is 10.1 Å². The van der Waals surface area contributed by atoms with E-state index in [1.54, 1.807) is 18.4 Å². The molecule has 0 saturated heterocycles. The van der Waals surface area contributed by atoms with E-state index in [0.29, 0.717) is 5.41 Å². The fourth-order valence-electron chi connectivity index (χ4n) is 2.28. The lowest BCUT2D eigenvalue weighted by atomic mass is 9.66. The van der Waals surface area contributed by atoms with Crippen LogP contribution in [0.15, 0.2) is 11.6 Å². The standard InChI is InChI=1S/C12H20N2OS/c1-15-7-5-13-10-12(3-2-4-12)9-11-14-6-8-16-11/h6,8,13H,2-5,7,9-10H2,1H3. The zero-order chi connectivity index (χ0) is 11.3. The van der Waals surface area contributed by atoms with Gasteiger partial charge in [-0.3, -0.25) is 0 Å². The van der Waals surface area contributed by atoms with Crippen LogP contribution in [0.5, 0.6) is 0 Å². The van der Waals surface area contributed by atoms with Gasteiger partial charge >= 0.3 is 0 Å². The van der Waals surface area contributed by atoms with Gasteiger partial charge in [-0.2, -0.15) is 0 Å². The molecule has 0 bridgehead atoms. The average molecular weight is 240 g/mol. The molecule has 1 heterocycles. The molecule has 0 unspecified atom stereocenters. The van der Waals surface area contributed by atoms with E-state index in [2.05, 4.69) is 15.7 Å². The number of methoxy groups -OCH3 is 1. The van der Waals surface area contributed by atoms with Gasteiger partial charge in [0.1, 0.15) is 0 Å². The first kappa shape index (κ1) is 12.0. The summed E-state index contributed by atoms with van der Waals surface area (Å²) in [5, 5.41) is 6.85. The minimum atomic E-state index is 0.478. The highest BCUT2D eigenvalue weighted by Crippen LogP contribution is 2.43. The fraction of sp³-hybridized carbons (Fsp3) is 0.750. The molecule has 0 spiro atoms. The Bertz CT molecular complexity index is 296. The maximum Gasteiger partial charge on any atom is 0.0930 e. The van der Waals surface area contributed by atoms with Crippen molar-refractivity contribution >= 4 is 11.3 Å². The van der Waals surface area contributed by atoms with E-state index in [-0.39, 0.29) is 0 Å². The molecule has 4 heteroatoms. The van der Waals surface area contributed by atoms with Crippen molar-refractivity contribution in [2.75, 3.05) is 26.8 Å². The first-order chi connectivity index (χ1) is 7.85. The summed E-state index contributed by atoms with van der Waals surface area (Å²) in [4.78, 5) is 4.39. The molecule has 0 radical (unpaired) electrons. The van der Waals surface area contributed by atoms with Gasteiger partial charge in [0.05, 0.1) is 11.6 Å². The highest BCUT2D eigenvalue weighted by atomic mass is 32.1. The Kier molecular flexibility index (Phi) is 4.32. The van der Waals surface area contributed by atoms with Crippen molar-refractivity contribution in [3.05, 3.63) is 16.6 Å². The number of nitrogens with zero attached hydrogens (tertiary/aromatic N) is 1. The first-order valence-electron chi connectivity index (χ1n) is 5.93. The topological polar surface area (TPSA) is 34.1 Å². The van der Waals surface area contributed by atoms with Crippen LogP contribution in [0, 0.1) is 5.41 Å². The molecule has 0 amide bonds. The Morgan fingerprint density at radius 2 is 2.44 bits per heavy atom. The molecule has 16 heavy (non-hydrogen) atoms. The van der Waals surface area contributed by atoms with Crippen LogP contribution in [0.1, 0.15) is 24.3 Å². The Labute approximate surface area is 101 Å². The molecule has 0 aliphatic heterocycles. The molecule has 0 aromatic carbocycles. The maximum absolute atomic E-state index is 5.04. The van der Waals surface area contributed by atoms with Crippen LogP contribution < -0.4 is 5.32 Å². The van der Waals surface area contributed by atoms with Crippen LogP contribution in [0.25, 0.3) is 0 Å². The molecule has 1 fully saturated rings. The summed E-state index contributed by atoms with van der Waals surface area (Å²) in [7, 11) is 1.75. The van der Waals surface area contributed by atoms with Gasteiger partial charge in [-0.15, -0.1) is 11.3 Å². The molecule has 1 saturated carbocycles. The second-order valence-electron chi connectivity index (χ2n) is 4.63. The van der Waals surface area contributed by atoms with E-state index in [1.807, 2.05) is 6.20 Å². The van der Waals surface area contributed by atoms with Crippen LogP contribution in [0.4, 0.5) is 0 Å². The lowest BCUT2D eigenvalue weighted by Crippen LogP contribution is -2.42. The van der Waals surface area contributed by atoms with Crippen molar-refractivity contribution in [1.82, 2.24) is 10.3 Å². The van der Waals surface area contributed by atoms with Crippen molar-refractivity contribution in [2.45, 2.75) is 25.7 Å². The molecule has 0 atom stereocenters. The number of ether oxygens (including phenoxy) is 1. The minimum Gasteiger partial charge on any atom is -0.383 e. The maximum atomic E-state index is 5.04. The summed E-state index contributed by atoms with van der Waals surface area (Å²) in [5.41, 5.74) is 0.478. The normalized spacial score (nSPS) is 18.3. The monoisotopic (exact) mass is 240 g/mol. The van der Waals surface area contributed by atoms with Crippen molar-refractivity contribution in [1.29, 1.82) is 0 Å². The van der Waals surface area contributed by atoms with Gasteiger partial charge in [0.25, 0.3) is 0 Å². The highest BCUT2D eigenvalue weighted by molar-refractivity contribution is 7.09. The van der Waals surface area contributed by atoms with Crippen LogP contribution in [-0.4, -0.2) is 31.8 Å². The Morgan fingerprint density at radius 1 is 1.56 bits per heavy atom. The summed E-state index contributed by atoms with van der Waals surface area (Å²) in [6.45, 7) is 2.86. The van der Waals surface area contributed by atoms with E-state index < -0.39 is 0 Å². The Balaban J connectivity index is 1.78. The number of hydrogen-bond acceptors (Lipinski definition) is 4. The zero-order valence-corrected chi connectivity index (χ0v) is 10.7. The molecule has 1 aliphatic rings. The third-order valence-electron chi connectivity index (χ3n) is 3.41. The fourth-order valence-corrected chi connectivity index (χ4v) is 3.07. The smallest absolute Gasteiger partial charge is 0.0930 e. The van der Waals surface area contributed by atoms with E-state index in [4.69, 9.17) is 4.74 Å². The molecule has 90 valence electrons. The molecule has 1 aromatic heterocycles. The molecule has 1 aromatic rings. The van der Waals surface area contributed by atoms with E-state index in [9.17, 15) is 0 Å². The summed E-state index contributed by atoms with van der Waals surface area (Å²) in [6, 6.07) is 0. The van der Waals surface area contributed by atoms with Crippen molar-refractivity contribution in [2.24, 2.45) is 5.41 Å². The van der Waals surface area contributed by atoms with Gasteiger partial charge in [0, 0.05) is 38.2 Å². The molecular formula is C12H20N2OS. The van der Waals surface area contributed by atoms with Crippen molar-refractivity contribution in [3.63, 3.8) is 0 Å². The van der Waals surface area contributed by atoms with Crippen molar-refractivity contribution < 1.29 is 4.74 Å². The molecular weight excluding hydrogens is 220 g/mol. The van der Waals surface area contributed by atoms with Crippen LogP contribution in [-0.2, 0) is 11.2 Å². The number of rotatable bonds is 7. The van der Waals surface area contributed by atoms with Gasteiger partial charge in [-0.25, -0.2) is 4.98 Å². The Hall–Kier alpha value is -0.450. The van der Waals surface area contributed by atoms with E-state index >= 15 is 0 Å². The second-order valence-corrected chi connectivity index (χ2v) is 5.60. The summed E-state index contributed by atoms with van der Waals surface area (Å²) in [5.74, 6) is 0. The zero-order valence-electron chi connectivity index (χ0n) is 9.87. The molecule has 1 aliphatic carbocycles. The van der Waals surface area contributed by atoms with Gasteiger partial charge in [0.2, 0.25) is 0 Å². The quantitative estimate of drug-likeness (QED) is 0.741. The van der Waals surface area contributed by atoms with Crippen molar-refractivity contribution in [3.8, 4) is 0 Å². The Morgan fingerprint density at radius 3 is 3.00 bits per heavy atom. The molecule has 1 N–H and O–H groups in total. The third kappa shape index (κ3) is 3.03. The average Bonchev–Trinajstić information content (AvgIpc) is 2.73. The number of thiazole rings is 1. The van der Waals surface area contributed by atoms with Crippen LogP contribution in [0.2, 0.25) is 0 Å². The number of aromatic nitrogens is 1. The molecule has 3 nitrogen and oxygen atoms in total. The lowest BCUT2D eigenvalue weighted by Gasteiger charge is -2.41. The summed E-state index contributed by atoms with van der Waals surface area (Å²) in [6.07, 6.45) is 7.10. The summed E-state index contributed by atoms with van der Waals surface area (Å²) < 4.78 is 5.04. The van der Waals surface area contributed by atoms with Gasteiger partial charge in [-0.05, 0) is 18.3 Å². The highest BCUT2D eigenvalue weighted by Gasteiger charge is 2.37. The lowest BCUT2D eigenvalue weighted by molar-refractivity contribution is 0.123. The van der Waals surface area contributed by atoms with E-state index in [1.165, 1.54) is 24.3 Å². The van der Waals surface area contributed by atoms with E-state index in [0.717, 1.165) is 26.1 Å². The second kappa shape index (κ2) is 5.75. The van der Waals surface area contributed by atoms with Gasteiger partial charge in [0.15, 0.2) is 0 Å². The largest absolute Gasteiger partial charge is 0.383 e. The predicted octanol–water partition coefficient (Wildman–Crippen LogP) is 2.09. The number of hydrogen-bond donors (Lipinski definition) is 1. The summed E-state index contributed by atoms with van der Waals surface area (Å²) >= 11 is 1.78. The van der Waals surface area contributed by atoms with Gasteiger partial charge in [-0.1, -0.05) is 6.42 Å². The van der Waals surface area contributed by atoms with Crippen LogP contribution in [0.3, 0.4) is 0 Å². The first-order valence-corrected chi connectivity index (χ1v) is 6.81. The third-order valence-corrected chi connectivity index (χ3v) is 4.19. The predicted molar refractivity (Wildman–Crippen MR) is 66.8 cm³/mol. The molecule has 2 rings (SSSR count). The minimum absolute atomic E-state index is 0.478.